The minimum atomic E-state index is -0.485. The third-order valence-electron chi connectivity index (χ3n) is 3.74. The number of hydrogen-bond donors (Lipinski definition) is 4. The molecule has 0 spiro atoms. The van der Waals surface area contributed by atoms with E-state index >= 15 is 0 Å². The maximum absolute atomic E-state index is 12.0. The number of hydrazine groups is 1. The van der Waals surface area contributed by atoms with Gasteiger partial charge in [-0.25, -0.2) is 0 Å². The van der Waals surface area contributed by atoms with Crippen LogP contribution in [0.2, 0.25) is 0 Å². The van der Waals surface area contributed by atoms with Gasteiger partial charge in [0.05, 0.1) is 6.26 Å². The van der Waals surface area contributed by atoms with E-state index < -0.39 is 11.8 Å². The molecule has 152 valence electrons. The Bertz CT molecular complexity index is 923. The van der Waals surface area contributed by atoms with Gasteiger partial charge in [-0.3, -0.25) is 30.6 Å². The Hall–Kier alpha value is -3.46. The van der Waals surface area contributed by atoms with Crippen molar-refractivity contribution in [3.8, 4) is 0 Å². The Balaban J connectivity index is 1.67. The number of rotatable bonds is 6. The Morgan fingerprint density at radius 3 is 2.55 bits per heavy atom. The zero-order valence-corrected chi connectivity index (χ0v) is 16.9. The van der Waals surface area contributed by atoms with Crippen molar-refractivity contribution < 1.29 is 18.8 Å². The summed E-state index contributed by atoms with van der Waals surface area (Å²) in [5.74, 6) is -0.677. The number of aryl methyl sites for hydroxylation is 2. The van der Waals surface area contributed by atoms with Crippen LogP contribution in [-0.4, -0.2) is 22.8 Å². The molecule has 0 unspecified atom stereocenters. The van der Waals surface area contributed by atoms with Gasteiger partial charge in [0.2, 0.25) is 17.7 Å². The van der Waals surface area contributed by atoms with Crippen molar-refractivity contribution in [1.29, 1.82) is 0 Å². The lowest BCUT2D eigenvalue weighted by Crippen LogP contribution is -2.48. The quantitative estimate of drug-likeness (QED) is 0.328. The fourth-order valence-electron chi connectivity index (χ4n) is 2.23. The summed E-state index contributed by atoms with van der Waals surface area (Å²) in [4.78, 5) is 35.6. The van der Waals surface area contributed by atoms with E-state index in [1.807, 2.05) is 32.0 Å². The second-order valence-electron chi connectivity index (χ2n) is 6.21. The molecule has 2 rings (SSSR count). The molecule has 8 nitrogen and oxygen atoms in total. The molecule has 0 fully saturated rings. The Morgan fingerprint density at radius 2 is 1.83 bits per heavy atom. The van der Waals surface area contributed by atoms with E-state index in [0.717, 1.165) is 16.8 Å². The van der Waals surface area contributed by atoms with Crippen molar-refractivity contribution in [3.05, 3.63) is 59.6 Å². The zero-order chi connectivity index (χ0) is 21.2. The third-order valence-corrected chi connectivity index (χ3v) is 3.94. The van der Waals surface area contributed by atoms with Crippen LogP contribution in [0, 0.1) is 13.8 Å². The molecule has 3 amide bonds. The average molecular weight is 414 g/mol. The summed E-state index contributed by atoms with van der Waals surface area (Å²) in [6, 6.07) is 9.13. The van der Waals surface area contributed by atoms with Crippen LogP contribution in [0.5, 0.6) is 0 Å². The van der Waals surface area contributed by atoms with Crippen molar-refractivity contribution in [2.75, 3.05) is 5.32 Å². The topological polar surface area (TPSA) is 112 Å². The van der Waals surface area contributed by atoms with Gasteiger partial charge in [0.25, 0.3) is 0 Å². The Kier molecular flexibility index (Phi) is 8.11. The van der Waals surface area contributed by atoms with Crippen LogP contribution in [0.25, 0.3) is 6.08 Å². The second kappa shape index (κ2) is 10.8. The van der Waals surface area contributed by atoms with Gasteiger partial charge < -0.3 is 9.73 Å². The molecule has 29 heavy (non-hydrogen) atoms. The van der Waals surface area contributed by atoms with Gasteiger partial charge >= 0.3 is 0 Å². The van der Waals surface area contributed by atoms with E-state index in [1.165, 1.54) is 18.4 Å². The third kappa shape index (κ3) is 7.97. The molecule has 0 saturated carbocycles. The van der Waals surface area contributed by atoms with E-state index in [0.29, 0.717) is 5.76 Å². The van der Waals surface area contributed by atoms with Crippen LogP contribution in [0.15, 0.2) is 47.1 Å². The highest BCUT2D eigenvalue weighted by molar-refractivity contribution is 7.80. The summed E-state index contributed by atoms with van der Waals surface area (Å²) in [6.07, 6.45) is 4.17. The standard InChI is InChI=1S/C20H22N4O4S/c1-13-5-6-14(2)16(12-13)21-17(25)9-10-19(27)23-24-20(29)22-18(26)8-7-15-4-3-11-28-15/h3-8,11-12H,9-10H2,1-2H3,(H,21,25)(H,23,27)(H2,22,24,26,29)/b8-7+. The summed E-state index contributed by atoms with van der Waals surface area (Å²) in [5.41, 5.74) is 7.43. The molecule has 0 aliphatic rings. The molecule has 0 aliphatic carbocycles. The van der Waals surface area contributed by atoms with Crippen LogP contribution in [0.3, 0.4) is 0 Å². The predicted octanol–water partition coefficient (Wildman–Crippen LogP) is 2.35. The minimum Gasteiger partial charge on any atom is -0.465 e. The van der Waals surface area contributed by atoms with Gasteiger partial charge in [-0.05, 0) is 61.5 Å². The first-order chi connectivity index (χ1) is 13.8. The Morgan fingerprint density at radius 1 is 1.07 bits per heavy atom. The zero-order valence-electron chi connectivity index (χ0n) is 16.1. The first kappa shape index (κ1) is 21.8. The summed E-state index contributed by atoms with van der Waals surface area (Å²) in [5, 5.41) is 5.07. The van der Waals surface area contributed by atoms with Crippen LogP contribution in [0.4, 0.5) is 5.69 Å². The fourth-order valence-corrected chi connectivity index (χ4v) is 2.38. The number of carbonyl (C=O) groups is 3. The van der Waals surface area contributed by atoms with Crippen molar-refractivity contribution in [2.45, 2.75) is 26.7 Å². The maximum atomic E-state index is 12.0. The van der Waals surface area contributed by atoms with E-state index in [4.69, 9.17) is 16.6 Å². The summed E-state index contributed by atoms with van der Waals surface area (Å²) >= 11 is 4.92. The minimum absolute atomic E-state index is 0.00585. The lowest BCUT2D eigenvalue weighted by molar-refractivity contribution is -0.124. The van der Waals surface area contributed by atoms with Gasteiger partial charge in [0.1, 0.15) is 5.76 Å². The molecule has 1 aromatic carbocycles. The molecule has 1 heterocycles. The number of thiocarbonyl (C=S) groups is 1. The fraction of sp³-hybridized carbons (Fsp3) is 0.200. The molecular weight excluding hydrogens is 392 g/mol. The van der Waals surface area contributed by atoms with Crippen molar-refractivity contribution in [2.24, 2.45) is 0 Å². The van der Waals surface area contributed by atoms with Crippen LogP contribution in [0.1, 0.15) is 29.7 Å². The first-order valence-electron chi connectivity index (χ1n) is 8.82. The van der Waals surface area contributed by atoms with Crippen molar-refractivity contribution in [1.82, 2.24) is 16.2 Å². The molecule has 0 aliphatic heterocycles. The second-order valence-corrected chi connectivity index (χ2v) is 6.62. The first-order valence-corrected chi connectivity index (χ1v) is 9.23. The monoisotopic (exact) mass is 414 g/mol. The summed E-state index contributed by atoms with van der Waals surface area (Å²) in [7, 11) is 0. The molecule has 0 saturated heterocycles. The highest BCUT2D eigenvalue weighted by Gasteiger charge is 2.09. The summed E-state index contributed by atoms with van der Waals surface area (Å²) in [6.45, 7) is 3.83. The predicted molar refractivity (Wildman–Crippen MR) is 114 cm³/mol. The van der Waals surface area contributed by atoms with Crippen LogP contribution >= 0.6 is 12.2 Å². The number of amides is 3. The number of nitrogens with one attached hydrogen (secondary N) is 4. The largest absolute Gasteiger partial charge is 0.465 e. The van der Waals surface area contributed by atoms with Crippen molar-refractivity contribution >= 4 is 46.8 Å². The number of benzene rings is 1. The van der Waals surface area contributed by atoms with Crippen LogP contribution < -0.4 is 21.5 Å². The number of furan rings is 1. The van der Waals surface area contributed by atoms with Crippen molar-refractivity contribution in [3.63, 3.8) is 0 Å². The summed E-state index contributed by atoms with van der Waals surface area (Å²) < 4.78 is 5.06. The van der Waals surface area contributed by atoms with E-state index in [1.54, 1.807) is 12.1 Å². The molecule has 0 bridgehead atoms. The van der Waals surface area contributed by atoms with E-state index in [2.05, 4.69) is 21.5 Å². The highest BCUT2D eigenvalue weighted by Crippen LogP contribution is 2.16. The van der Waals surface area contributed by atoms with Gasteiger partial charge in [-0.2, -0.15) is 0 Å². The number of anilines is 1. The van der Waals surface area contributed by atoms with Gasteiger partial charge in [-0.15, -0.1) is 0 Å². The van der Waals surface area contributed by atoms with Gasteiger partial charge in [0.15, 0.2) is 5.11 Å². The van der Waals surface area contributed by atoms with E-state index in [9.17, 15) is 14.4 Å². The lowest BCUT2D eigenvalue weighted by Gasteiger charge is -2.11. The molecule has 0 atom stereocenters. The van der Waals surface area contributed by atoms with Gasteiger partial charge in [-0.1, -0.05) is 12.1 Å². The highest BCUT2D eigenvalue weighted by atomic mass is 32.1. The average Bonchev–Trinajstić information content (AvgIpc) is 3.19. The molecule has 0 radical (unpaired) electrons. The number of carbonyl (C=O) groups excluding carboxylic acids is 3. The molecule has 9 heteroatoms. The molecule has 2 aromatic rings. The number of hydrogen-bond acceptors (Lipinski definition) is 5. The maximum Gasteiger partial charge on any atom is 0.250 e. The lowest BCUT2D eigenvalue weighted by atomic mass is 10.1. The molecular formula is C20H22N4O4S. The Labute approximate surface area is 173 Å². The van der Waals surface area contributed by atoms with E-state index in [-0.39, 0.29) is 23.9 Å². The van der Waals surface area contributed by atoms with Crippen LogP contribution in [-0.2, 0) is 14.4 Å². The smallest absolute Gasteiger partial charge is 0.250 e. The van der Waals surface area contributed by atoms with Gasteiger partial charge in [0, 0.05) is 24.6 Å². The molecule has 1 aromatic heterocycles. The normalized spacial score (nSPS) is 10.4. The SMILES string of the molecule is Cc1ccc(C)c(NC(=O)CCC(=O)NNC(=S)NC(=O)/C=C/c2ccco2)c1. The molecule has 4 N–H and O–H groups in total.